The van der Waals surface area contributed by atoms with Gasteiger partial charge in [-0.05, 0) is 23.2 Å². The Morgan fingerprint density at radius 3 is 2.56 bits per heavy atom. The number of nitrogens with zero attached hydrogens (tertiary/aromatic N) is 4. The maximum atomic E-state index is 11.1. The van der Waals surface area contributed by atoms with E-state index in [1.54, 1.807) is 0 Å². The van der Waals surface area contributed by atoms with E-state index in [1.807, 2.05) is 0 Å². The highest BCUT2D eigenvalue weighted by Gasteiger charge is 2.07. The molecule has 0 aliphatic carbocycles. The van der Waals surface area contributed by atoms with Crippen LogP contribution in [0.15, 0.2) is 35.5 Å². The van der Waals surface area contributed by atoms with Crippen molar-refractivity contribution in [2.24, 2.45) is 5.11 Å². The van der Waals surface area contributed by atoms with E-state index >= 15 is 0 Å². The molecule has 0 fully saturated rings. The minimum absolute atomic E-state index is 0.0271. The second-order valence-electron chi connectivity index (χ2n) is 3.05. The van der Waals surface area contributed by atoms with Crippen LogP contribution < -0.4 is 0 Å². The molecular formula is C10H8N4O4. The van der Waals surface area contributed by atoms with E-state index in [1.165, 1.54) is 31.4 Å². The van der Waals surface area contributed by atoms with E-state index < -0.39 is 10.9 Å². The lowest BCUT2D eigenvalue weighted by atomic mass is 10.1. The van der Waals surface area contributed by atoms with Crippen LogP contribution in [0.3, 0.4) is 0 Å². The van der Waals surface area contributed by atoms with Gasteiger partial charge in [0.15, 0.2) is 0 Å². The van der Waals surface area contributed by atoms with Crippen LogP contribution in [-0.2, 0) is 9.53 Å². The number of nitro benzene ring substituents is 1. The van der Waals surface area contributed by atoms with E-state index in [0.717, 1.165) is 6.08 Å². The molecule has 0 saturated carbocycles. The minimum Gasteiger partial charge on any atom is -0.466 e. The number of azide groups is 1. The fourth-order valence-corrected chi connectivity index (χ4v) is 1.14. The van der Waals surface area contributed by atoms with Gasteiger partial charge in [0.05, 0.1) is 17.7 Å². The molecule has 8 nitrogen and oxygen atoms in total. The molecule has 0 unspecified atom stereocenters. The highest BCUT2D eigenvalue weighted by atomic mass is 16.6. The Hall–Kier alpha value is -2.86. The van der Waals surface area contributed by atoms with Crippen molar-refractivity contribution in [3.63, 3.8) is 0 Å². The van der Waals surface area contributed by atoms with Crippen molar-refractivity contribution in [2.75, 3.05) is 7.11 Å². The molecule has 18 heavy (non-hydrogen) atoms. The molecule has 1 rings (SSSR count). The first-order valence-corrected chi connectivity index (χ1v) is 4.68. The van der Waals surface area contributed by atoms with Crippen LogP contribution in [0.25, 0.3) is 16.1 Å². The summed E-state index contributed by atoms with van der Waals surface area (Å²) in [7, 11) is 1.18. The van der Waals surface area contributed by atoms with Crippen molar-refractivity contribution in [1.29, 1.82) is 0 Å². The topological polar surface area (TPSA) is 118 Å². The first kappa shape index (κ1) is 13.2. The molecule has 1 aromatic rings. The van der Waals surface area contributed by atoms with Crippen LogP contribution in [0, 0.1) is 10.1 Å². The first-order valence-electron chi connectivity index (χ1n) is 4.68. The Morgan fingerprint density at radius 1 is 1.50 bits per heavy atom. The summed E-state index contributed by atoms with van der Waals surface area (Å²) in [5.74, 6) is -0.684. The lowest BCUT2D eigenvalue weighted by Gasteiger charge is -2.00. The van der Waals surface area contributed by atoms with Gasteiger partial charge in [-0.3, -0.25) is 10.1 Å². The molecule has 0 spiro atoms. The van der Waals surface area contributed by atoms with E-state index in [-0.39, 0.29) is 11.4 Å². The summed E-state index contributed by atoms with van der Waals surface area (Å²) < 4.78 is 4.40. The van der Waals surface area contributed by atoms with Crippen LogP contribution in [0.4, 0.5) is 5.69 Å². The zero-order chi connectivity index (χ0) is 13.5. The van der Waals surface area contributed by atoms with Crippen molar-refractivity contribution in [2.45, 2.75) is 0 Å². The minimum atomic E-state index is -0.684. The molecule has 0 aromatic heterocycles. The number of carbonyl (C=O) groups is 1. The number of carbonyl (C=O) groups excluding carboxylic acids is 1. The van der Waals surface area contributed by atoms with Crippen molar-refractivity contribution < 1.29 is 14.5 Å². The number of methoxy groups -OCH3 is 1. The number of rotatable bonds is 4. The number of non-ortho nitro benzene ring substituents is 1. The SMILES string of the molecule is COC(=O)C=C(N=[N+]=[N-])c1ccc([N+](=O)[O-])cc1. The third-order valence-electron chi connectivity index (χ3n) is 1.98. The Labute approximate surface area is 101 Å². The number of nitro groups is 1. The standard InChI is InChI=1S/C10H8N4O4/c1-18-10(15)6-9(12-13-11)7-2-4-8(5-3-7)14(16)17/h2-6H,1H3. The van der Waals surface area contributed by atoms with E-state index in [9.17, 15) is 14.9 Å². The fraction of sp³-hybridized carbons (Fsp3) is 0.100. The second kappa shape index (κ2) is 6.02. The van der Waals surface area contributed by atoms with Crippen molar-refractivity contribution in [1.82, 2.24) is 0 Å². The van der Waals surface area contributed by atoms with Gasteiger partial charge in [0, 0.05) is 23.1 Å². The van der Waals surface area contributed by atoms with E-state index in [4.69, 9.17) is 5.53 Å². The molecule has 0 saturated heterocycles. The quantitative estimate of drug-likeness (QED) is 0.154. The van der Waals surface area contributed by atoms with Crippen LogP contribution in [0.2, 0.25) is 0 Å². The van der Waals surface area contributed by atoms with Gasteiger partial charge in [-0.15, -0.1) is 0 Å². The summed E-state index contributed by atoms with van der Waals surface area (Å²) in [5.41, 5.74) is 8.69. The van der Waals surface area contributed by atoms with Crippen molar-refractivity contribution in [3.05, 3.63) is 56.5 Å². The summed E-state index contributed by atoms with van der Waals surface area (Å²) in [4.78, 5) is 23.5. The Kier molecular flexibility index (Phi) is 4.42. The molecule has 0 atom stereocenters. The normalized spacial score (nSPS) is 10.4. The zero-order valence-electron chi connectivity index (χ0n) is 9.31. The third kappa shape index (κ3) is 3.32. The summed E-state index contributed by atoms with van der Waals surface area (Å²) in [5, 5.41) is 13.8. The Bertz CT molecular complexity index is 544. The van der Waals surface area contributed by atoms with Crippen LogP contribution >= 0.6 is 0 Å². The van der Waals surface area contributed by atoms with Crippen molar-refractivity contribution >= 4 is 17.4 Å². The van der Waals surface area contributed by atoms with Gasteiger partial charge in [0.25, 0.3) is 5.69 Å². The number of hydrogen-bond donors (Lipinski definition) is 0. The smallest absolute Gasteiger partial charge is 0.330 e. The molecule has 1 aromatic carbocycles. The van der Waals surface area contributed by atoms with Crippen LogP contribution in [0.1, 0.15) is 5.56 Å². The Morgan fingerprint density at radius 2 is 2.11 bits per heavy atom. The molecule has 0 bridgehead atoms. The summed E-state index contributed by atoms with van der Waals surface area (Å²) >= 11 is 0. The average Bonchev–Trinajstić information content (AvgIpc) is 2.38. The van der Waals surface area contributed by atoms with E-state index in [0.29, 0.717) is 5.56 Å². The molecule has 0 aliphatic heterocycles. The van der Waals surface area contributed by atoms with Crippen molar-refractivity contribution in [3.8, 4) is 0 Å². The second-order valence-corrected chi connectivity index (χ2v) is 3.05. The average molecular weight is 248 g/mol. The van der Waals surface area contributed by atoms with Gasteiger partial charge < -0.3 is 4.74 Å². The largest absolute Gasteiger partial charge is 0.466 e. The lowest BCUT2D eigenvalue weighted by molar-refractivity contribution is -0.384. The summed E-state index contributed by atoms with van der Waals surface area (Å²) in [6, 6.07) is 5.24. The predicted molar refractivity (Wildman–Crippen MR) is 62.2 cm³/mol. The number of esters is 1. The van der Waals surface area contributed by atoms with Gasteiger partial charge >= 0.3 is 5.97 Å². The van der Waals surface area contributed by atoms with Crippen LogP contribution in [-0.4, -0.2) is 18.0 Å². The highest BCUT2D eigenvalue weighted by Crippen LogP contribution is 2.20. The maximum absolute atomic E-state index is 11.1. The highest BCUT2D eigenvalue weighted by molar-refractivity contribution is 5.91. The monoisotopic (exact) mass is 248 g/mol. The maximum Gasteiger partial charge on any atom is 0.330 e. The van der Waals surface area contributed by atoms with Gasteiger partial charge in [0.2, 0.25) is 0 Å². The number of ether oxygens (including phenoxy) is 1. The third-order valence-corrected chi connectivity index (χ3v) is 1.98. The summed E-state index contributed by atoms with van der Waals surface area (Å²) in [6.45, 7) is 0. The molecule has 0 aliphatic rings. The molecule has 8 heteroatoms. The van der Waals surface area contributed by atoms with Gasteiger partial charge in [-0.1, -0.05) is 5.11 Å². The van der Waals surface area contributed by atoms with E-state index in [2.05, 4.69) is 14.8 Å². The molecule has 0 amide bonds. The van der Waals surface area contributed by atoms with Crippen LogP contribution in [0.5, 0.6) is 0 Å². The predicted octanol–water partition coefficient (Wildman–Crippen LogP) is 2.42. The van der Waals surface area contributed by atoms with Gasteiger partial charge in [-0.2, -0.15) is 0 Å². The molecule has 0 radical (unpaired) electrons. The molecule has 0 N–H and O–H groups in total. The lowest BCUT2D eigenvalue weighted by Crippen LogP contribution is -1.96. The molecule has 0 heterocycles. The fourth-order valence-electron chi connectivity index (χ4n) is 1.14. The number of benzene rings is 1. The molecule has 92 valence electrons. The molecular weight excluding hydrogens is 240 g/mol. The Balaban J connectivity index is 3.15. The van der Waals surface area contributed by atoms with Gasteiger partial charge in [-0.25, -0.2) is 4.79 Å². The number of hydrogen-bond acceptors (Lipinski definition) is 5. The summed E-state index contributed by atoms with van der Waals surface area (Å²) in [6.07, 6.45) is 1.00. The first-order chi connectivity index (χ1) is 8.58. The van der Waals surface area contributed by atoms with Gasteiger partial charge in [0.1, 0.15) is 0 Å². The zero-order valence-corrected chi connectivity index (χ0v) is 9.31.